The lowest BCUT2D eigenvalue weighted by Gasteiger charge is -2.23. The molecule has 2 aromatic rings. The Bertz CT molecular complexity index is 871. The zero-order chi connectivity index (χ0) is 18.7. The van der Waals surface area contributed by atoms with Crippen LogP contribution >= 0.6 is 23.4 Å². The maximum atomic E-state index is 12.1. The normalized spacial score (nSPS) is 15.9. The Labute approximate surface area is 157 Å². The van der Waals surface area contributed by atoms with Crippen molar-refractivity contribution in [1.82, 2.24) is 20.3 Å². The Morgan fingerprint density at radius 2 is 2.23 bits per heavy atom. The molecule has 3 N–H and O–H groups in total. The van der Waals surface area contributed by atoms with Crippen LogP contribution in [0.5, 0.6) is 0 Å². The molecule has 0 radical (unpaired) electrons. The summed E-state index contributed by atoms with van der Waals surface area (Å²) in [7, 11) is 0. The molecule has 2 amide bonds. The largest absolute Gasteiger partial charge is 0.480 e. The van der Waals surface area contributed by atoms with Crippen LogP contribution in [0, 0.1) is 0 Å². The lowest BCUT2D eigenvalue weighted by atomic mass is 10.2. The number of thioether (sulfide) groups is 1. The van der Waals surface area contributed by atoms with Crippen molar-refractivity contribution in [1.29, 1.82) is 0 Å². The van der Waals surface area contributed by atoms with Gasteiger partial charge in [-0.1, -0.05) is 16.8 Å². The fourth-order valence-corrected chi connectivity index (χ4v) is 3.58. The van der Waals surface area contributed by atoms with E-state index in [1.54, 1.807) is 18.2 Å². The van der Waals surface area contributed by atoms with Crippen LogP contribution in [-0.2, 0) is 27.5 Å². The molecular formula is C15H14ClN5O4S. The summed E-state index contributed by atoms with van der Waals surface area (Å²) in [5, 5.41) is 21.5. The maximum absolute atomic E-state index is 12.1. The predicted octanol–water partition coefficient (Wildman–Crippen LogP) is 1.14. The molecule has 0 fully saturated rings. The van der Waals surface area contributed by atoms with Crippen molar-refractivity contribution in [3.8, 4) is 0 Å². The van der Waals surface area contributed by atoms with Crippen molar-refractivity contribution >= 4 is 46.8 Å². The number of anilines is 1. The summed E-state index contributed by atoms with van der Waals surface area (Å²) in [5.41, 5.74) is 1.07. The van der Waals surface area contributed by atoms with Gasteiger partial charge in [0.2, 0.25) is 11.8 Å². The number of benzene rings is 1. The van der Waals surface area contributed by atoms with Crippen molar-refractivity contribution in [2.75, 3.05) is 5.32 Å². The minimum absolute atomic E-state index is 0.00181. The van der Waals surface area contributed by atoms with E-state index in [9.17, 15) is 14.4 Å². The van der Waals surface area contributed by atoms with Crippen molar-refractivity contribution in [2.45, 2.75) is 29.7 Å². The van der Waals surface area contributed by atoms with Crippen molar-refractivity contribution in [2.24, 2.45) is 0 Å². The number of carboxylic acid groups (broad SMARTS) is 1. The molecule has 3 rings (SSSR count). The molecule has 1 unspecified atom stereocenters. The van der Waals surface area contributed by atoms with Gasteiger partial charge >= 0.3 is 5.97 Å². The van der Waals surface area contributed by atoms with Gasteiger partial charge in [0.25, 0.3) is 0 Å². The molecule has 1 aromatic carbocycles. The highest BCUT2D eigenvalue weighted by Crippen LogP contribution is 2.38. The summed E-state index contributed by atoms with van der Waals surface area (Å²) in [6.07, 6.45) is 1.44. The average molecular weight is 396 g/mol. The summed E-state index contributed by atoms with van der Waals surface area (Å²) >= 11 is 7.21. The number of carbonyl (C=O) groups excluding carboxylic acids is 2. The number of hydrogen-bond donors (Lipinski definition) is 3. The number of nitrogens with one attached hydrogen (secondary N) is 2. The lowest BCUT2D eigenvalue weighted by Crippen LogP contribution is -2.34. The number of carbonyl (C=O) groups is 3. The van der Waals surface area contributed by atoms with Crippen molar-refractivity contribution in [3.05, 3.63) is 35.1 Å². The maximum Gasteiger partial charge on any atom is 0.325 e. The van der Waals surface area contributed by atoms with E-state index in [1.165, 1.54) is 18.0 Å². The number of aliphatic carboxylic acids is 1. The Morgan fingerprint density at radius 3 is 3.00 bits per heavy atom. The first-order valence-electron chi connectivity index (χ1n) is 7.55. The monoisotopic (exact) mass is 395 g/mol. The Hall–Kier alpha value is -2.59. The summed E-state index contributed by atoms with van der Waals surface area (Å²) < 4.78 is 1.16. The average Bonchev–Trinajstić information content (AvgIpc) is 3.00. The zero-order valence-electron chi connectivity index (χ0n) is 13.3. The Balaban J connectivity index is 1.53. The number of rotatable bonds is 6. The Kier molecular flexibility index (Phi) is 5.43. The van der Waals surface area contributed by atoms with E-state index < -0.39 is 11.2 Å². The molecule has 0 aliphatic carbocycles. The number of fused-ring (bicyclic) bond motifs is 1. The minimum Gasteiger partial charge on any atom is -0.480 e. The Morgan fingerprint density at radius 1 is 1.42 bits per heavy atom. The van der Waals surface area contributed by atoms with Crippen molar-refractivity contribution in [3.63, 3.8) is 0 Å². The summed E-state index contributed by atoms with van der Waals surface area (Å²) in [6.45, 7) is -0.201. The van der Waals surface area contributed by atoms with Gasteiger partial charge in [0.05, 0.1) is 23.7 Å². The highest BCUT2D eigenvalue weighted by molar-refractivity contribution is 8.01. The predicted molar refractivity (Wildman–Crippen MR) is 93.8 cm³/mol. The van der Waals surface area contributed by atoms with Crippen LogP contribution in [0.4, 0.5) is 5.69 Å². The fraction of sp³-hybridized carbons (Fsp3) is 0.267. The SMILES string of the molecule is O=C(O)Cn1cc(CNC(=O)CC2Sc3ccc(Cl)cc3NC2=O)nn1. The van der Waals surface area contributed by atoms with Gasteiger partial charge in [-0.2, -0.15) is 0 Å². The topological polar surface area (TPSA) is 126 Å². The van der Waals surface area contributed by atoms with Crippen LogP contribution < -0.4 is 10.6 Å². The van der Waals surface area contributed by atoms with Gasteiger partial charge in [-0.15, -0.1) is 16.9 Å². The molecule has 1 aromatic heterocycles. The van der Waals surface area contributed by atoms with Gasteiger partial charge in [-0.3, -0.25) is 14.4 Å². The molecule has 136 valence electrons. The third-order valence-corrected chi connectivity index (χ3v) is 4.99. The second kappa shape index (κ2) is 7.75. The first-order valence-corrected chi connectivity index (χ1v) is 8.81. The van der Waals surface area contributed by atoms with E-state index in [4.69, 9.17) is 16.7 Å². The van der Waals surface area contributed by atoms with Gasteiger partial charge in [-0.25, -0.2) is 4.68 Å². The fourth-order valence-electron chi connectivity index (χ4n) is 2.32. The third kappa shape index (κ3) is 4.52. The van der Waals surface area contributed by atoms with E-state index in [1.807, 2.05) is 0 Å². The van der Waals surface area contributed by atoms with E-state index >= 15 is 0 Å². The van der Waals surface area contributed by atoms with Crippen LogP contribution in [0.1, 0.15) is 12.1 Å². The van der Waals surface area contributed by atoms with E-state index in [-0.39, 0.29) is 31.3 Å². The van der Waals surface area contributed by atoms with Crippen LogP contribution in [0.15, 0.2) is 29.3 Å². The minimum atomic E-state index is -1.03. The number of hydrogen-bond acceptors (Lipinski definition) is 6. The first-order chi connectivity index (χ1) is 12.4. The smallest absolute Gasteiger partial charge is 0.325 e. The van der Waals surface area contributed by atoms with E-state index in [0.29, 0.717) is 16.4 Å². The number of carboxylic acids is 1. The van der Waals surface area contributed by atoms with Crippen LogP contribution in [0.25, 0.3) is 0 Å². The van der Waals surface area contributed by atoms with Crippen LogP contribution in [-0.4, -0.2) is 43.1 Å². The molecule has 1 aliphatic heterocycles. The molecular weight excluding hydrogens is 382 g/mol. The molecule has 0 saturated carbocycles. The number of aromatic nitrogens is 3. The highest BCUT2D eigenvalue weighted by Gasteiger charge is 2.29. The highest BCUT2D eigenvalue weighted by atomic mass is 35.5. The molecule has 26 heavy (non-hydrogen) atoms. The number of nitrogens with zero attached hydrogens (tertiary/aromatic N) is 3. The van der Waals surface area contributed by atoms with Gasteiger partial charge < -0.3 is 15.7 Å². The summed E-state index contributed by atoms with van der Waals surface area (Å²) in [5.74, 6) is -1.61. The van der Waals surface area contributed by atoms with Crippen LogP contribution in [0.3, 0.4) is 0 Å². The molecule has 0 bridgehead atoms. The van der Waals surface area contributed by atoms with Gasteiger partial charge in [0.1, 0.15) is 12.2 Å². The van der Waals surface area contributed by atoms with Crippen LogP contribution in [0.2, 0.25) is 5.02 Å². The van der Waals surface area contributed by atoms with E-state index in [2.05, 4.69) is 20.9 Å². The van der Waals surface area contributed by atoms with Crippen molar-refractivity contribution < 1.29 is 19.5 Å². The molecule has 2 heterocycles. The second-order valence-electron chi connectivity index (χ2n) is 5.52. The standard InChI is InChI=1S/C15H14ClN5O4S/c16-8-1-2-11-10(3-8)18-15(25)12(26-11)4-13(22)17-5-9-6-21(20-19-9)7-14(23)24/h1-3,6,12H,4-5,7H2,(H,17,22)(H,18,25)(H,23,24). The zero-order valence-corrected chi connectivity index (χ0v) is 14.9. The number of halogens is 1. The first kappa shape index (κ1) is 18.2. The molecule has 11 heteroatoms. The van der Waals surface area contributed by atoms with Gasteiger partial charge in [0, 0.05) is 16.3 Å². The molecule has 0 saturated heterocycles. The number of amides is 2. The second-order valence-corrected chi connectivity index (χ2v) is 7.20. The molecule has 0 spiro atoms. The summed E-state index contributed by atoms with van der Waals surface area (Å²) in [6, 6.07) is 5.19. The molecule has 1 atom stereocenters. The van der Waals surface area contributed by atoms with Gasteiger partial charge in [-0.05, 0) is 18.2 Å². The molecule has 9 nitrogen and oxygen atoms in total. The summed E-state index contributed by atoms with van der Waals surface area (Å²) in [4.78, 5) is 35.7. The quantitative estimate of drug-likeness (QED) is 0.669. The van der Waals surface area contributed by atoms with E-state index in [0.717, 1.165) is 9.58 Å². The molecule has 1 aliphatic rings. The third-order valence-electron chi connectivity index (χ3n) is 3.48. The lowest BCUT2D eigenvalue weighted by molar-refractivity contribution is -0.138. The van der Waals surface area contributed by atoms with Gasteiger partial charge in [0.15, 0.2) is 0 Å².